The summed E-state index contributed by atoms with van der Waals surface area (Å²) in [6.45, 7) is 8.63. The van der Waals surface area contributed by atoms with Gasteiger partial charge in [0.05, 0.1) is 12.6 Å². The van der Waals surface area contributed by atoms with E-state index < -0.39 is 0 Å². The molecule has 0 fully saturated rings. The van der Waals surface area contributed by atoms with Crippen molar-refractivity contribution in [3.8, 4) is 0 Å². The summed E-state index contributed by atoms with van der Waals surface area (Å²) in [6.07, 6.45) is 1.07. The summed E-state index contributed by atoms with van der Waals surface area (Å²) in [4.78, 5) is 0. The average Bonchev–Trinajstić information content (AvgIpc) is 2.26. The predicted octanol–water partition coefficient (Wildman–Crippen LogP) is 2.72. The number of nitrogens with one attached hydrogen (secondary N) is 1. The molecule has 2 atom stereocenters. The Bertz CT molecular complexity index is 336. The van der Waals surface area contributed by atoms with Gasteiger partial charge in [0.25, 0.3) is 0 Å². The van der Waals surface area contributed by atoms with E-state index in [1.54, 1.807) is 0 Å². The molecule has 0 saturated carbocycles. The molecule has 0 saturated heterocycles. The maximum Gasteiger partial charge on any atom is 0.0626 e. The first-order chi connectivity index (χ1) is 7.58. The largest absolute Gasteiger partial charge is 0.394 e. The van der Waals surface area contributed by atoms with Gasteiger partial charge in [0.2, 0.25) is 0 Å². The van der Waals surface area contributed by atoms with Crippen LogP contribution in [0.3, 0.4) is 0 Å². The van der Waals surface area contributed by atoms with Crippen molar-refractivity contribution in [2.75, 3.05) is 6.61 Å². The first-order valence-electron chi connectivity index (χ1n) is 6.02. The van der Waals surface area contributed by atoms with Crippen LogP contribution in [-0.4, -0.2) is 17.8 Å². The average molecular weight is 221 g/mol. The van der Waals surface area contributed by atoms with Crippen molar-refractivity contribution in [1.82, 2.24) is 5.32 Å². The Morgan fingerprint density at radius 2 is 2.00 bits per heavy atom. The minimum atomic E-state index is 0.0514. The fourth-order valence-electron chi connectivity index (χ4n) is 1.92. The van der Waals surface area contributed by atoms with Crippen LogP contribution >= 0.6 is 0 Å². The number of aryl methyl sites for hydroxylation is 2. The zero-order valence-corrected chi connectivity index (χ0v) is 10.7. The lowest BCUT2D eigenvalue weighted by atomic mass is 9.99. The lowest BCUT2D eigenvalue weighted by Gasteiger charge is -2.23. The maximum atomic E-state index is 9.46. The highest BCUT2D eigenvalue weighted by Gasteiger charge is 2.14. The van der Waals surface area contributed by atoms with Crippen LogP contribution in [0.25, 0.3) is 0 Å². The first-order valence-corrected chi connectivity index (χ1v) is 6.02. The van der Waals surface area contributed by atoms with Gasteiger partial charge in [-0.1, -0.05) is 30.7 Å². The minimum Gasteiger partial charge on any atom is -0.394 e. The van der Waals surface area contributed by atoms with E-state index in [4.69, 9.17) is 0 Å². The van der Waals surface area contributed by atoms with Gasteiger partial charge >= 0.3 is 0 Å². The van der Waals surface area contributed by atoms with Gasteiger partial charge in [0, 0.05) is 6.04 Å². The molecule has 0 aromatic heterocycles. The van der Waals surface area contributed by atoms with Gasteiger partial charge in [0.15, 0.2) is 0 Å². The topological polar surface area (TPSA) is 32.3 Å². The van der Waals surface area contributed by atoms with Crippen LogP contribution in [-0.2, 0) is 0 Å². The molecular weight excluding hydrogens is 198 g/mol. The third-order valence-corrected chi connectivity index (χ3v) is 3.08. The Morgan fingerprint density at radius 3 is 2.50 bits per heavy atom. The predicted molar refractivity (Wildman–Crippen MR) is 68.6 cm³/mol. The van der Waals surface area contributed by atoms with Gasteiger partial charge < -0.3 is 10.4 Å². The van der Waals surface area contributed by atoms with Crippen LogP contribution in [0.4, 0.5) is 0 Å². The molecule has 2 heteroatoms. The van der Waals surface area contributed by atoms with Crippen molar-refractivity contribution < 1.29 is 5.11 Å². The fourth-order valence-corrected chi connectivity index (χ4v) is 1.92. The number of aliphatic hydroxyl groups excluding tert-OH is 1. The summed E-state index contributed by atoms with van der Waals surface area (Å²) in [5.41, 5.74) is 3.71. The highest BCUT2D eigenvalue weighted by Crippen LogP contribution is 2.19. The molecule has 90 valence electrons. The summed E-state index contributed by atoms with van der Waals surface area (Å²) in [7, 11) is 0. The SMILES string of the molecule is CCC(C)NC(CO)c1ccc(C)cc1C. The molecular formula is C14H23NO. The summed E-state index contributed by atoms with van der Waals surface area (Å²) >= 11 is 0. The lowest BCUT2D eigenvalue weighted by molar-refractivity contribution is 0.233. The van der Waals surface area contributed by atoms with Crippen LogP contribution in [0, 0.1) is 13.8 Å². The van der Waals surface area contributed by atoms with Crippen molar-refractivity contribution >= 4 is 0 Å². The summed E-state index contributed by atoms with van der Waals surface area (Å²) in [5, 5.41) is 12.9. The van der Waals surface area contributed by atoms with Crippen LogP contribution in [0.15, 0.2) is 18.2 Å². The van der Waals surface area contributed by atoms with Crippen LogP contribution in [0.1, 0.15) is 43.0 Å². The molecule has 2 unspecified atom stereocenters. The maximum absolute atomic E-state index is 9.46. The van der Waals surface area contributed by atoms with E-state index in [0.717, 1.165) is 6.42 Å². The Labute approximate surface area is 98.7 Å². The Kier molecular flexibility index (Phi) is 4.97. The van der Waals surface area contributed by atoms with Gasteiger partial charge in [-0.2, -0.15) is 0 Å². The number of hydrogen-bond donors (Lipinski definition) is 2. The molecule has 0 aliphatic heterocycles. The van der Waals surface area contributed by atoms with Gasteiger partial charge in [-0.25, -0.2) is 0 Å². The third kappa shape index (κ3) is 3.32. The molecule has 1 rings (SSSR count). The van der Waals surface area contributed by atoms with Gasteiger partial charge in [-0.15, -0.1) is 0 Å². The quantitative estimate of drug-likeness (QED) is 0.801. The van der Waals surface area contributed by atoms with Gasteiger partial charge in [0.1, 0.15) is 0 Å². The third-order valence-electron chi connectivity index (χ3n) is 3.08. The molecule has 0 bridgehead atoms. The number of benzene rings is 1. The number of aliphatic hydroxyl groups is 1. The Hall–Kier alpha value is -0.860. The summed E-state index contributed by atoms with van der Waals surface area (Å²) in [5.74, 6) is 0. The first kappa shape index (κ1) is 13.2. The highest BCUT2D eigenvalue weighted by molar-refractivity contribution is 5.32. The Balaban J connectivity index is 2.86. The normalized spacial score (nSPS) is 14.8. The van der Waals surface area contributed by atoms with Crippen molar-refractivity contribution in [3.63, 3.8) is 0 Å². The highest BCUT2D eigenvalue weighted by atomic mass is 16.3. The molecule has 0 aliphatic carbocycles. The molecule has 0 spiro atoms. The van der Waals surface area contributed by atoms with E-state index in [1.165, 1.54) is 16.7 Å². The minimum absolute atomic E-state index is 0.0514. The smallest absolute Gasteiger partial charge is 0.0626 e. The van der Waals surface area contributed by atoms with Gasteiger partial charge in [-0.3, -0.25) is 0 Å². The second-order valence-electron chi connectivity index (χ2n) is 4.57. The van der Waals surface area contributed by atoms with E-state index in [1.807, 2.05) is 0 Å². The summed E-state index contributed by atoms with van der Waals surface area (Å²) in [6, 6.07) is 6.86. The fraction of sp³-hybridized carbons (Fsp3) is 0.571. The molecule has 0 radical (unpaired) electrons. The molecule has 0 aliphatic rings. The second-order valence-corrected chi connectivity index (χ2v) is 4.57. The number of hydrogen-bond acceptors (Lipinski definition) is 2. The molecule has 1 aromatic carbocycles. The van der Waals surface area contributed by atoms with E-state index in [9.17, 15) is 5.11 Å². The van der Waals surface area contributed by atoms with Crippen molar-refractivity contribution in [3.05, 3.63) is 34.9 Å². The molecule has 2 nitrogen and oxygen atoms in total. The van der Waals surface area contributed by atoms with Crippen molar-refractivity contribution in [1.29, 1.82) is 0 Å². The monoisotopic (exact) mass is 221 g/mol. The second kappa shape index (κ2) is 6.02. The number of rotatable bonds is 5. The Morgan fingerprint density at radius 1 is 1.31 bits per heavy atom. The summed E-state index contributed by atoms with van der Waals surface area (Å²) < 4.78 is 0. The van der Waals surface area contributed by atoms with Gasteiger partial charge in [-0.05, 0) is 38.3 Å². The standard InChI is InChI=1S/C14H23NO/c1-5-12(4)15-14(9-16)13-7-6-10(2)8-11(13)3/h6-8,12,14-16H,5,9H2,1-4H3. The molecule has 1 aromatic rings. The molecule has 2 N–H and O–H groups in total. The van der Waals surface area contributed by atoms with E-state index >= 15 is 0 Å². The van der Waals surface area contributed by atoms with Crippen LogP contribution < -0.4 is 5.32 Å². The van der Waals surface area contributed by atoms with E-state index in [-0.39, 0.29) is 12.6 Å². The van der Waals surface area contributed by atoms with Crippen LogP contribution in [0.2, 0.25) is 0 Å². The molecule has 0 heterocycles. The zero-order valence-electron chi connectivity index (χ0n) is 10.7. The van der Waals surface area contributed by atoms with E-state index in [2.05, 4.69) is 51.2 Å². The van der Waals surface area contributed by atoms with Crippen molar-refractivity contribution in [2.45, 2.75) is 46.2 Å². The lowest BCUT2D eigenvalue weighted by Crippen LogP contribution is -2.32. The zero-order chi connectivity index (χ0) is 12.1. The van der Waals surface area contributed by atoms with Crippen molar-refractivity contribution in [2.24, 2.45) is 0 Å². The van der Waals surface area contributed by atoms with Crippen LogP contribution in [0.5, 0.6) is 0 Å². The molecule has 0 amide bonds. The molecule has 16 heavy (non-hydrogen) atoms. The van der Waals surface area contributed by atoms with E-state index in [0.29, 0.717) is 6.04 Å².